The van der Waals surface area contributed by atoms with Gasteiger partial charge in [0.1, 0.15) is 6.61 Å². The number of carbonyl (C=O) groups excluding carboxylic acids is 2. The van der Waals surface area contributed by atoms with E-state index in [-0.39, 0.29) is 18.3 Å². The molecule has 156 valence electrons. The first-order valence-corrected chi connectivity index (χ1v) is 9.54. The fraction of sp³-hybridized carbons (Fsp3) is 0.211. The number of nitrogens with two attached hydrogens (primary N) is 1. The summed E-state index contributed by atoms with van der Waals surface area (Å²) in [6.45, 7) is -0.143. The summed E-state index contributed by atoms with van der Waals surface area (Å²) >= 11 is 12.4. The lowest BCUT2D eigenvalue weighted by molar-refractivity contribution is -0.134. The van der Waals surface area contributed by atoms with E-state index in [1.165, 1.54) is 7.05 Å². The van der Waals surface area contributed by atoms with Crippen LogP contribution in [0.1, 0.15) is 33.4 Å². The molecule has 30 heavy (non-hydrogen) atoms. The van der Waals surface area contributed by atoms with Crippen LogP contribution in [0.5, 0.6) is 0 Å². The van der Waals surface area contributed by atoms with Crippen LogP contribution < -0.4 is 16.6 Å². The average molecular weight is 449 g/mol. The van der Waals surface area contributed by atoms with Gasteiger partial charge in [-0.05, 0) is 29.3 Å². The predicted molar refractivity (Wildman–Crippen MR) is 112 cm³/mol. The Kier molecular flexibility index (Phi) is 6.99. The number of rotatable bonds is 5. The lowest BCUT2D eigenvalue weighted by Crippen LogP contribution is -2.45. The quantitative estimate of drug-likeness (QED) is 0.213. The normalized spacial score (nSPS) is 18.8. The standard InChI is InChI=1S/C19H18Cl2N6O3/c1-23-15(25-27-22)9-30-26-19(29)16-11-4-2-3-5-12(11)18(28)24-17(16)13-7-6-10(20)8-14(13)21/h2-8,16-17H,9H2,1H3,(H,24,28)(H,26,29)(H2,22,23,25)/t16-,17+/m1/s1. The Morgan fingerprint density at radius 2 is 2.00 bits per heavy atom. The topological polar surface area (TPSA) is 131 Å². The number of hydrogen-bond acceptors (Lipinski definition) is 5. The first kappa shape index (κ1) is 21.7. The van der Waals surface area contributed by atoms with Crippen molar-refractivity contribution in [3.05, 3.63) is 69.2 Å². The Bertz CT molecular complexity index is 1030. The number of aliphatic imine (C=N–C) groups is 1. The van der Waals surface area contributed by atoms with Crippen molar-refractivity contribution < 1.29 is 14.4 Å². The number of amidine groups is 1. The molecular formula is C19H18Cl2N6O3. The van der Waals surface area contributed by atoms with Gasteiger partial charge >= 0.3 is 0 Å². The van der Waals surface area contributed by atoms with E-state index in [9.17, 15) is 9.59 Å². The molecule has 0 unspecified atom stereocenters. The highest BCUT2D eigenvalue weighted by Gasteiger charge is 2.40. The third-order valence-electron chi connectivity index (χ3n) is 4.55. The van der Waals surface area contributed by atoms with E-state index < -0.39 is 17.9 Å². The van der Waals surface area contributed by atoms with E-state index in [0.29, 0.717) is 26.7 Å². The molecule has 1 aliphatic heterocycles. The van der Waals surface area contributed by atoms with Crippen LogP contribution in [-0.4, -0.2) is 31.3 Å². The van der Waals surface area contributed by atoms with Gasteiger partial charge in [-0.15, -0.1) is 5.11 Å². The summed E-state index contributed by atoms with van der Waals surface area (Å²) in [6, 6.07) is 11.0. The summed E-state index contributed by atoms with van der Waals surface area (Å²) in [5, 5.41) is 10.3. The van der Waals surface area contributed by atoms with Crippen molar-refractivity contribution in [2.45, 2.75) is 12.0 Å². The van der Waals surface area contributed by atoms with Gasteiger partial charge in [-0.25, -0.2) is 5.48 Å². The molecular weight excluding hydrogens is 431 g/mol. The van der Waals surface area contributed by atoms with Gasteiger partial charge in [0, 0.05) is 22.7 Å². The molecule has 1 heterocycles. The van der Waals surface area contributed by atoms with E-state index in [4.69, 9.17) is 33.9 Å². The van der Waals surface area contributed by atoms with Crippen LogP contribution >= 0.6 is 23.2 Å². The van der Waals surface area contributed by atoms with Gasteiger partial charge in [0.15, 0.2) is 5.84 Å². The molecule has 0 bridgehead atoms. The van der Waals surface area contributed by atoms with Crippen LogP contribution in [0.3, 0.4) is 0 Å². The van der Waals surface area contributed by atoms with E-state index in [0.717, 1.165) is 0 Å². The van der Waals surface area contributed by atoms with E-state index >= 15 is 0 Å². The van der Waals surface area contributed by atoms with Crippen molar-refractivity contribution in [1.29, 1.82) is 0 Å². The monoisotopic (exact) mass is 448 g/mol. The van der Waals surface area contributed by atoms with Crippen LogP contribution in [0.15, 0.2) is 57.8 Å². The molecule has 11 heteroatoms. The molecule has 3 rings (SSSR count). The van der Waals surface area contributed by atoms with Crippen LogP contribution in [-0.2, 0) is 9.63 Å². The minimum Gasteiger partial charge on any atom is -0.344 e. The van der Waals surface area contributed by atoms with Gasteiger partial charge in [-0.3, -0.25) is 19.4 Å². The van der Waals surface area contributed by atoms with Gasteiger partial charge < -0.3 is 11.2 Å². The first-order chi connectivity index (χ1) is 14.5. The summed E-state index contributed by atoms with van der Waals surface area (Å²) in [4.78, 5) is 34.8. The number of benzene rings is 2. The molecule has 0 aliphatic carbocycles. The van der Waals surface area contributed by atoms with Gasteiger partial charge in [-0.1, -0.05) is 52.7 Å². The Morgan fingerprint density at radius 3 is 2.70 bits per heavy atom. The Hall–Kier alpha value is -3.01. The molecule has 4 N–H and O–H groups in total. The molecule has 0 fully saturated rings. The molecule has 1 aliphatic rings. The zero-order valence-electron chi connectivity index (χ0n) is 15.8. The summed E-state index contributed by atoms with van der Waals surface area (Å²) in [5.74, 6) is 3.58. The maximum atomic E-state index is 13.1. The van der Waals surface area contributed by atoms with Crippen molar-refractivity contribution in [3.63, 3.8) is 0 Å². The van der Waals surface area contributed by atoms with Gasteiger partial charge in [-0.2, -0.15) is 0 Å². The van der Waals surface area contributed by atoms with Crippen molar-refractivity contribution in [2.24, 2.45) is 21.2 Å². The van der Waals surface area contributed by atoms with E-state index in [2.05, 4.69) is 26.1 Å². The van der Waals surface area contributed by atoms with E-state index in [1.807, 2.05) is 0 Å². The Balaban J connectivity index is 1.92. The second kappa shape index (κ2) is 9.66. The lowest BCUT2D eigenvalue weighted by atomic mass is 9.80. The molecule has 2 aromatic rings. The van der Waals surface area contributed by atoms with Crippen LogP contribution in [0.25, 0.3) is 0 Å². The van der Waals surface area contributed by atoms with Gasteiger partial charge in [0.25, 0.3) is 11.8 Å². The lowest BCUT2D eigenvalue weighted by Gasteiger charge is -2.33. The molecule has 2 aromatic carbocycles. The Labute approximate surface area is 182 Å². The number of fused-ring (bicyclic) bond motifs is 1. The molecule has 0 radical (unpaired) electrons. The number of hydroxylamine groups is 1. The third-order valence-corrected chi connectivity index (χ3v) is 5.11. The number of hydrogen-bond donors (Lipinski definition) is 3. The highest BCUT2D eigenvalue weighted by Crippen LogP contribution is 2.40. The van der Waals surface area contributed by atoms with Crippen molar-refractivity contribution >= 4 is 40.9 Å². The first-order valence-electron chi connectivity index (χ1n) is 8.79. The highest BCUT2D eigenvalue weighted by atomic mass is 35.5. The molecule has 0 saturated carbocycles. The fourth-order valence-electron chi connectivity index (χ4n) is 3.20. The number of nitrogens with one attached hydrogen (secondary N) is 2. The maximum Gasteiger partial charge on any atom is 0.253 e. The Morgan fingerprint density at radius 1 is 1.23 bits per heavy atom. The number of nitrogens with zero attached hydrogens (tertiary/aromatic N) is 3. The van der Waals surface area contributed by atoms with Crippen LogP contribution in [0, 0.1) is 0 Å². The smallest absolute Gasteiger partial charge is 0.253 e. The maximum absolute atomic E-state index is 13.1. The largest absolute Gasteiger partial charge is 0.344 e. The molecule has 2 amide bonds. The average Bonchev–Trinajstić information content (AvgIpc) is 2.73. The summed E-state index contributed by atoms with van der Waals surface area (Å²) in [5.41, 5.74) is 3.87. The number of halogens is 2. The highest BCUT2D eigenvalue weighted by molar-refractivity contribution is 6.35. The van der Waals surface area contributed by atoms with Gasteiger partial charge in [0.2, 0.25) is 0 Å². The number of amides is 2. The van der Waals surface area contributed by atoms with Crippen molar-refractivity contribution in [2.75, 3.05) is 13.7 Å². The van der Waals surface area contributed by atoms with E-state index in [1.54, 1.807) is 42.5 Å². The summed E-state index contributed by atoms with van der Waals surface area (Å²) < 4.78 is 0. The zero-order chi connectivity index (χ0) is 21.7. The number of carbonyl (C=O) groups is 2. The summed E-state index contributed by atoms with van der Waals surface area (Å²) in [7, 11) is 1.49. The summed E-state index contributed by atoms with van der Waals surface area (Å²) in [6.07, 6.45) is 0. The SMILES string of the molecule is CN=C(CONC(=O)[C@@H]1c2ccccc2C(=O)N[C@H]1c1ccc(Cl)cc1Cl)N=NN. The van der Waals surface area contributed by atoms with Crippen LogP contribution in [0.4, 0.5) is 0 Å². The van der Waals surface area contributed by atoms with Crippen molar-refractivity contribution in [3.8, 4) is 0 Å². The predicted octanol–water partition coefficient (Wildman–Crippen LogP) is 2.96. The molecule has 2 atom stereocenters. The molecule has 9 nitrogen and oxygen atoms in total. The van der Waals surface area contributed by atoms with Crippen molar-refractivity contribution in [1.82, 2.24) is 10.8 Å². The second-order valence-corrected chi connectivity index (χ2v) is 7.14. The van der Waals surface area contributed by atoms with Gasteiger partial charge in [0.05, 0.1) is 12.0 Å². The molecule has 0 spiro atoms. The fourth-order valence-corrected chi connectivity index (χ4v) is 3.73. The third kappa shape index (κ3) is 4.59. The molecule has 0 saturated heterocycles. The van der Waals surface area contributed by atoms with Crippen LogP contribution in [0.2, 0.25) is 10.0 Å². The second-order valence-electron chi connectivity index (χ2n) is 6.29. The zero-order valence-corrected chi connectivity index (χ0v) is 17.3. The molecule has 0 aromatic heterocycles. The minimum absolute atomic E-state index is 0.143. The minimum atomic E-state index is -0.810.